The van der Waals surface area contributed by atoms with E-state index in [0.717, 1.165) is 17.2 Å². The summed E-state index contributed by atoms with van der Waals surface area (Å²) in [5, 5.41) is 1.82. The molecule has 1 N–H and O–H groups in total. The highest BCUT2D eigenvalue weighted by atomic mass is 32.2. The largest absolute Gasteiger partial charge is 0.452 e. The predicted octanol–water partition coefficient (Wildman–Crippen LogP) is 3.98. The number of ether oxygens (including phenoxy) is 1. The lowest BCUT2D eigenvalue weighted by Crippen LogP contribution is -2.44. The van der Waals surface area contributed by atoms with Crippen LogP contribution in [-0.2, 0) is 26.1 Å². The van der Waals surface area contributed by atoms with Crippen molar-refractivity contribution in [3.63, 3.8) is 0 Å². The molecule has 0 aliphatic carbocycles. The fourth-order valence-electron chi connectivity index (χ4n) is 4.52. The van der Waals surface area contributed by atoms with E-state index in [0.29, 0.717) is 36.1 Å². The zero-order chi connectivity index (χ0) is 25.0. The van der Waals surface area contributed by atoms with Gasteiger partial charge in [0, 0.05) is 19.6 Å². The van der Waals surface area contributed by atoms with E-state index in [1.165, 1.54) is 0 Å². The van der Waals surface area contributed by atoms with E-state index in [1.807, 2.05) is 24.3 Å². The van der Waals surface area contributed by atoms with Crippen LogP contribution < -0.4 is 4.72 Å². The minimum atomic E-state index is -3.70. The Kier molecular flexibility index (Phi) is 7.52. The van der Waals surface area contributed by atoms with E-state index in [4.69, 9.17) is 4.74 Å². The van der Waals surface area contributed by atoms with Crippen molar-refractivity contribution in [1.82, 2.24) is 9.62 Å². The van der Waals surface area contributed by atoms with Gasteiger partial charge < -0.3 is 9.64 Å². The molecule has 2 unspecified atom stereocenters. The maximum Gasteiger partial charge on any atom is 0.338 e. The molecule has 2 atom stereocenters. The number of likely N-dealkylation sites (tertiary alicyclic amines) is 1. The van der Waals surface area contributed by atoms with Crippen molar-refractivity contribution >= 4 is 32.7 Å². The monoisotopic (exact) mass is 494 g/mol. The number of carbonyl (C=O) groups is 2. The number of hydrogen-bond donors (Lipinski definition) is 1. The third kappa shape index (κ3) is 6.26. The Balaban J connectivity index is 1.31. The van der Waals surface area contributed by atoms with E-state index >= 15 is 0 Å². The maximum absolute atomic E-state index is 12.7. The molecule has 3 aromatic rings. The third-order valence-corrected chi connectivity index (χ3v) is 7.63. The molecule has 1 saturated heterocycles. The Hall–Kier alpha value is -3.23. The summed E-state index contributed by atoms with van der Waals surface area (Å²) in [6.07, 6.45) is 1.09. The number of benzene rings is 3. The molecule has 4 rings (SSSR count). The summed E-state index contributed by atoms with van der Waals surface area (Å²) in [4.78, 5) is 26.8. The lowest BCUT2D eigenvalue weighted by molar-refractivity contribution is -0.137. The van der Waals surface area contributed by atoms with Crippen molar-refractivity contribution in [3.8, 4) is 0 Å². The summed E-state index contributed by atoms with van der Waals surface area (Å²) >= 11 is 0. The zero-order valence-corrected chi connectivity index (χ0v) is 20.8. The Morgan fingerprint density at radius 3 is 2.29 bits per heavy atom. The minimum Gasteiger partial charge on any atom is -0.452 e. The molecule has 1 amide bonds. The van der Waals surface area contributed by atoms with Crippen LogP contribution in [0.2, 0.25) is 0 Å². The number of nitrogens with one attached hydrogen (secondary N) is 1. The van der Waals surface area contributed by atoms with Gasteiger partial charge in [-0.3, -0.25) is 4.79 Å². The molecule has 0 bridgehead atoms. The van der Waals surface area contributed by atoms with E-state index in [-0.39, 0.29) is 24.0 Å². The van der Waals surface area contributed by atoms with Crippen LogP contribution in [0.3, 0.4) is 0 Å². The topological polar surface area (TPSA) is 92.8 Å². The molecule has 1 aliphatic heterocycles. The van der Waals surface area contributed by atoms with Gasteiger partial charge in [-0.1, -0.05) is 56.3 Å². The van der Waals surface area contributed by atoms with Gasteiger partial charge in [0.15, 0.2) is 6.61 Å². The van der Waals surface area contributed by atoms with E-state index in [1.54, 1.807) is 47.4 Å². The molecular weight excluding hydrogens is 464 g/mol. The normalized spacial score (nSPS) is 18.4. The second-order valence-corrected chi connectivity index (χ2v) is 11.1. The van der Waals surface area contributed by atoms with Gasteiger partial charge in [0.1, 0.15) is 0 Å². The fourth-order valence-corrected chi connectivity index (χ4v) is 5.58. The van der Waals surface area contributed by atoms with Crippen LogP contribution in [0.5, 0.6) is 0 Å². The highest BCUT2D eigenvalue weighted by Gasteiger charge is 2.26. The highest BCUT2D eigenvalue weighted by molar-refractivity contribution is 7.89. The number of rotatable bonds is 7. The molecule has 7 nitrogen and oxygen atoms in total. The van der Waals surface area contributed by atoms with Gasteiger partial charge >= 0.3 is 5.97 Å². The molecule has 1 heterocycles. The van der Waals surface area contributed by atoms with Gasteiger partial charge in [0.05, 0.1) is 10.5 Å². The Bertz CT molecular complexity index is 1310. The smallest absolute Gasteiger partial charge is 0.338 e. The van der Waals surface area contributed by atoms with Crippen molar-refractivity contribution in [2.24, 2.45) is 11.8 Å². The summed E-state index contributed by atoms with van der Waals surface area (Å²) in [5.41, 5.74) is 0.998. The van der Waals surface area contributed by atoms with Gasteiger partial charge in [-0.05, 0) is 58.9 Å². The zero-order valence-electron chi connectivity index (χ0n) is 19.9. The van der Waals surface area contributed by atoms with Crippen molar-refractivity contribution < 1.29 is 22.7 Å². The van der Waals surface area contributed by atoms with Gasteiger partial charge in [-0.2, -0.15) is 0 Å². The SMILES string of the molecule is CC1CC(C)CN(C(=O)COC(=O)c2ccc(CNS(=O)(=O)c3ccc4ccccc4c3)cc2)C1. The van der Waals surface area contributed by atoms with Crippen LogP contribution in [0.15, 0.2) is 71.6 Å². The number of sulfonamides is 1. The van der Waals surface area contributed by atoms with E-state index < -0.39 is 16.0 Å². The van der Waals surface area contributed by atoms with Crippen molar-refractivity contribution in [3.05, 3.63) is 77.9 Å². The van der Waals surface area contributed by atoms with Crippen molar-refractivity contribution in [1.29, 1.82) is 0 Å². The Morgan fingerprint density at radius 1 is 0.943 bits per heavy atom. The molecule has 35 heavy (non-hydrogen) atoms. The van der Waals surface area contributed by atoms with Crippen molar-refractivity contribution in [2.45, 2.75) is 31.7 Å². The quantitative estimate of drug-likeness (QED) is 0.502. The van der Waals surface area contributed by atoms with Crippen LogP contribution in [0, 0.1) is 11.8 Å². The first-order chi connectivity index (χ1) is 16.7. The lowest BCUT2D eigenvalue weighted by atomic mass is 9.92. The van der Waals surface area contributed by atoms with Crippen LogP contribution in [0.1, 0.15) is 36.2 Å². The lowest BCUT2D eigenvalue weighted by Gasteiger charge is -2.34. The van der Waals surface area contributed by atoms with Gasteiger partial charge in [0.25, 0.3) is 5.91 Å². The third-order valence-electron chi connectivity index (χ3n) is 6.24. The number of fused-ring (bicyclic) bond motifs is 1. The van der Waals surface area contributed by atoms with E-state index in [2.05, 4.69) is 18.6 Å². The molecule has 1 fully saturated rings. The van der Waals surface area contributed by atoms with Crippen LogP contribution in [0.25, 0.3) is 10.8 Å². The standard InChI is InChI=1S/C27H30N2O5S/c1-19-13-20(2)17-29(16-19)26(30)18-34-27(31)23-9-7-21(8-10-23)15-28-35(32,33)25-12-11-22-5-3-4-6-24(22)14-25/h3-12,14,19-20,28H,13,15-18H2,1-2H3. The first-order valence-electron chi connectivity index (χ1n) is 11.7. The highest BCUT2D eigenvalue weighted by Crippen LogP contribution is 2.21. The summed E-state index contributed by atoms with van der Waals surface area (Å²) in [6.45, 7) is 5.39. The number of hydrogen-bond acceptors (Lipinski definition) is 5. The number of nitrogens with zero attached hydrogens (tertiary/aromatic N) is 1. The Labute approximate surface area is 206 Å². The van der Waals surface area contributed by atoms with E-state index in [9.17, 15) is 18.0 Å². The summed E-state index contributed by atoms with van der Waals surface area (Å²) < 4.78 is 33.3. The molecular formula is C27H30N2O5S. The number of carbonyl (C=O) groups excluding carboxylic acids is 2. The average molecular weight is 495 g/mol. The predicted molar refractivity (Wildman–Crippen MR) is 134 cm³/mol. The number of esters is 1. The second-order valence-electron chi connectivity index (χ2n) is 9.35. The average Bonchev–Trinajstić information content (AvgIpc) is 2.85. The van der Waals surface area contributed by atoms with Crippen LogP contribution in [-0.4, -0.2) is 44.9 Å². The van der Waals surface area contributed by atoms with Crippen LogP contribution in [0.4, 0.5) is 0 Å². The summed E-state index contributed by atoms with van der Waals surface area (Å²) in [5.74, 6) is 0.102. The molecule has 3 aromatic carbocycles. The molecule has 0 spiro atoms. The van der Waals surface area contributed by atoms with Gasteiger partial charge in [-0.25, -0.2) is 17.9 Å². The van der Waals surface area contributed by atoms with Crippen molar-refractivity contribution in [2.75, 3.05) is 19.7 Å². The number of amides is 1. The molecule has 184 valence electrons. The molecule has 8 heteroatoms. The Morgan fingerprint density at radius 2 is 1.60 bits per heavy atom. The summed E-state index contributed by atoms with van der Waals surface area (Å²) in [6, 6.07) is 19.0. The second kappa shape index (κ2) is 10.6. The number of piperidine rings is 1. The van der Waals surface area contributed by atoms with Crippen LogP contribution >= 0.6 is 0 Å². The maximum atomic E-state index is 12.7. The minimum absolute atomic E-state index is 0.0777. The summed E-state index contributed by atoms with van der Waals surface area (Å²) in [7, 11) is -3.70. The fraction of sp³-hybridized carbons (Fsp3) is 0.333. The van der Waals surface area contributed by atoms with Gasteiger partial charge in [0.2, 0.25) is 10.0 Å². The van der Waals surface area contributed by atoms with Gasteiger partial charge in [-0.15, -0.1) is 0 Å². The first-order valence-corrected chi connectivity index (χ1v) is 13.2. The molecule has 0 radical (unpaired) electrons. The molecule has 0 aromatic heterocycles. The first kappa shape index (κ1) is 24.9. The molecule has 0 saturated carbocycles. The molecule has 1 aliphatic rings.